The van der Waals surface area contributed by atoms with Crippen LogP contribution in [-0.2, 0) is 24.5 Å². The standard InChI is InChI=1S/C24H26O5/c1-13(29-14(2)25)23-9-7-15-8-10-24(21(15)23)19-6-5-16(27-3)11-17(19)20(24)18(12-23)22(26)28-4/h5-7,9,11,13,15,21H,8,10,12H2,1-4H3/t13?,15?,21-,23?,24?/m0/s1. The molecule has 0 saturated heterocycles. The Morgan fingerprint density at radius 1 is 1.24 bits per heavy atom. The van der Waals surface area contributed by atoms with E-state index in [9.17, 15) is 9.59 Å². The zero-order valence-electron chi connectivity index (χ0n) is 17.3. The molecule has 0 aliphatic heterocycles. The van der Waals surface area contributed by atoms with E-state index in [-0.39, 0.29) is 29.4 Å². The van der Waals surface area contributed by atoms with Gasteiger partial charge in [0.15, 0.2) is 0 Å². The van der Waals surface area contributed by atoms with Gasteiger partial charge in [-0.05, 0) is 66.9 Å². The van der Waals surface area contributed by atoms with Crippen molar-refractivity contribution in [2.24, 2.45) is 17.3 Å². The Labute approximate surface area is 170 Å². The number of esters is 2. The van der Waals surface area contributed by atoms with Gasteiger partial charge in [-0.3, -0.25) is 4.79 Å². The monoisotopic (exact) mass is 394 g/mol. The number of hydrogen-bond donors (Lipinski definition) is 0. The first-order chi connectivity index (χ1) is 13.9. The van der Waals surface area contributed by atoms with E-state index in [1.54, 1.807) is 7.11 Å². The number of hydrogen-bond acceptors (Lipinski definition) is 5. The first-order valence-electron chi connectivity index (χ1n) is 10.3. The van der Waals surface area contributed by atoms with E-state index in [0.29, 0.717) is 12.3 Å². The second-order valence-corrected chi connectivity index (χ2v) is 8.81. The smallest absolute Gasteiger partial charge is 0.334 e. The Hall–Kier alpha value is -2.56. The summed E-state index contributed by atoms with van der Waals surface area (Å²) in [6.07, 6.45) is 6.79. The van der Waals surface area contributed by atoms with Gasteiger partial charge in [-0.1, -0.05) is 18.2 Å². The summed E-state index contributed by atoms with van der Waals surface area (Å²) in [7, 11) is 3.09. The first kappa shape index (κ1) is 18.5. The average Bonchev–Trinajstić information content (AvgIpc) is 3.28. The third kappa shape index (κ3) is 2.11. The molecule has 1 spiro atoms. The number of benzene rings is 1. The molecule has 1 fully saturated rings. The van der Waals surface area contributed by atoms with E-state index < -0.39 is 5.41 Å². The lowest BCUT2D eigenvalue weighted by atomic mass is 9.44. The van der Waals surface area contributed by atoms with Crippen LogP contribution in [0.15, 0.2) is 35.9 Å². The van der Waals surface area contributed by atoms with Gasteiger partial charge in [-0.25, -0.2) is 4.79 Å². The van der Waals surface area contributed by atoms with Crippen LogP contribution in [0.3, 0.4) is 0 Å². The van der Waals surface area contributed by atoms with E-state index in [4.69, 9.17) is 14.2 Å². The fraction of sp³-hybridized carbons (Fsp3) is 0.500. The topological polar surface area (TPSA) is 61.8 Å². The molecule has 5 heteroatoms. The molecule has 152 valence electrons. The Kier molecular flexibility index (Phi) is 3.80. The molecule has 4 aliphatic rings. The molecule has 5 atom stereocenters. The molecule has 5 rings (SSSR count). The van der Waals surface area contributed by atoms with Gasteiger partial charge in [-0.15, -0.1) is 0 Å². The van der Waals surface area contributed by atoms with Gasteiger partial charge in [0.2, 0.25) is 0 Å². The summed E-state index contributed by atoms with van der Waals surface area (Å²) in [5.74, 6) is 0.930. The molecule has 4 aliphatic carbocycles. The van der Waals surface area contributed by atoms with Crippen LogP contribution in [-0.4, -0.2) is 32.3 Å². The minimum Gasteiger partial charge on any atom is -0.497 e. The Bertz CT molecular complexity index is 989. The summed E-state index contributed by atoms with van der Waals surface area (Å²) in [5, 5.41) is 0. The van der Waals surface area contributed by atoms with Crippen molar-refractivity contribution in [3.05, 3.63) is 47.1 Å². The molecule has 0 bridgehead atoms. The summed E-state index contributed by atoms with van der Waals surface area (Å²) in [6, 6.07) is 6.20. The molecule has 1 aromatic carbocycles. The van der Waals surface area contributed by atoms with Crippen molar-refractivity contribution in [2.75, 3.05) is 14.2 Å². The van der Waals surface area contributed by atoms with Crippen LogP contribution in [0.1, 0.15) is 44.2 Å². The number of ether oxygens (including phenoxy) is 3. The van der Waals surface area contributed by atoms with Crippen molar-refractivity contribution >= 4 is 17.5 Å². The first-order valence-corrected chi connectivity index (χ1v) is 10.3. The van der Waals surface area contributed by atoms with E-state index in [0.717, 1.165) is 35.3 Å². The maximum atomic E-state index is 12.9. The van der Waals surface area contributed by atoms with Gasteiger partial charge < -0.3 is 14.2 Å². The maximum Gasteiger partial charge on any atom is 0.334 e. The van der Waals surface area contributed by atoms with Gasteiger partial charge in [-0.2, -0.15) is 0 Å². The molecule has 0 radical (unpaired) electrons. The molecule has 0 aromatic heterocycles. The van der Waals surface area contributed by atoms with Crippen LogP contribution in [0.5, 0.6) is 5.75 Å². The fourth-order valence-corrected chi connectivity index (χ4v) is 6.88. The summed E-state index contributed by atoms with van der Waals surface area (Å²) in [5.41, 5.74) is 3.65. The summed E-state index contributed by atoms with van der Waals surface area (Å²) < 4.78 is 16.4. The van der Waals surface area contributed by atoms with Crippen LogP contribution in [0, 0.1) is 17.3 Å². The van der Waals surface area contributed by atoms with E-state index >= 15 is 0 Å². The molecule has 29 heavy (non-hydrogen) atoms. The molecule has 1 saturated carbocycles. The number of carbonyl (C=O) groups excluding carboxylic acids is 2. The lowest BCUT2D eigenvalue weighted by molar-refractivity contribution is -0.153. The predicted molar refractivity (Wildman–Crippen MR) is 107 cm³/mol. The fourth-order valence-electron chi connectivity index (χ4n) is 6.88. The van der Waals surface area contributed by atoms with E-state index in [2.05, 4.69) is 18.2 Å². The van der Waals surface area contributed by atoms with Crippen molar-refractivity contribution in [1.29, 1.82) is 0 Å². The second kappa shape index (κ2) is 5.97. The Morgan fingerprint density at radius 3 is 2.72 bits per heavy atom. The Balaban J connectivity index is 1.75. The molecule has 0 amide bonds. The summed E-state index contributed by atoms with van der Waals surface area (Å²) in [6.45, 7) is 3.41. The average molecular weight is 394 g/mol. The van der Waals surface area contributed by atoms with Crippen LogP contribution in [0.4, 0.5) is 0 Å². The van der Waals surface area contributed by atoms with Gasteiger partial charge in [0.1, 0.15) is 11.9 Å². The highest BCUT2D eigenvalue weighted by atomic mass is 16.5. The number of methoxy groups -OCH3 is 2. The van der Waals surface area contributed by atoms with Crippen LogP contribution in [0.25, 0.3) is 5.57 Å². The molecular weight excluding hydrogens is 368 g/mol. The number of rotatable bonds is 4. The molecule has 1 aromatic rings. The SMILES string of the molecule is COC(=O)C1=C2c3cc(OC)ccc3C23CCC2C=CC(C(C)OC(C)=O)(C1)[C@H]23. The highest BCUT2D eigenvalue weighted by Crippen LogP contribution is 2.75. The zero-order chi connectivity index (χ0) is 20.6. The summed E-state index contributed by atoms with van der Waals surface area (Å²) >= 11 is 0. The quantitative estimate of drug-likeness (QED) is 0.574. The van der Waals surface area contributed by atoms with Crippen molar-refractivity contribution < 1.29 is 23.8 Å². The van der Waals surface area contributed by atoms with Crippen molar-refractivity contribution in [1.82, 2.24) is 0 Å². The zero-order valence-corrected chi connectivity index (χ0v) is 17.3. The largest absolute Gasteiger partial charge is 0.497 e. The van der Waals surface area contributed by atoms with Gasteiger partial charge in [0.25, 0.3) is 0 Å². The summed E-state index contributed by atoms with van der Waals surface area (Å²) in [4.78, 5) is 24.7. The lowest BCUT2D eigenvalue weighted by Gasteiger charge is -2.58. The number of fused-ring (bicyclic) bond motifs is 2. The highest BCUT2D eigenvalue weighted by Gasteiger charge is 2.70. The van der Waals surface area contributed by atoms with Crippen LogP contribution in [0.2, 0.25) is 0 Å². The lowest BCUT2D eigenvalue weighted by Crippen LogP contribution is -2.56. The third-order valence-electron chi connectivity index (χ3n) is 7.80. The van der Waals surface area contributed by atoms with Crippen LogP contribution < -0.4 is 4.74 Å². The predicted octanol–water partition coefficient (Wildman–Crippen LogP) is 3.81. The van der Waals surface area contributed by atoms with E-state index in [1.165, 1.54) is 19.6 Å². The Morgan fingerprint density at radius 2 is 2.03 bits per heavy atom. The van der Waals surface area contributed by atoms with Crippen LogP contribution >= 0.6 is 0 Å². The maximum absolute atomic E-state index is 12.9. The molecular formula is C24H26O5. The van der Waals surface area contributed by atoms with Gasteiger partial charge >= 0.3 is 11.9 Å². The molecule has 0 heterocycles. The minimum atomic E-state index is -0.391. The number of carbonyl (C=O) groups is 2. The van der Waals surface area contributed by atoms with Gasteiger partial charge in [0, 0.05) is 23.3 Å². The molecule has 5 nitrogen and oxygen atoms in total. The van der Waals surface area contributed by atoms with Crippen molar-refractivity contribution in [2.45, 2.75) is 44.6 Å². The van der Waals surface area contributed by atoms with Crippen molar-refractivity contribution in [3.8, 4) is 5.75 Å². The van der Waals surface area contributed by atoms with Crippen molar-refractivity contribution in [3.63, 3.8) is 0 Å². The van der Waals surface area contributed by atoms with Gasteiger partial charge in [0.05, 0.1) is 14.2 Å². The second-order valence-electron chi connectivity index (χ2n) is 8.81. The normalized spacial score (nSPS) is 33.9. The number of allylic oxidation sites excluding steroid dienone is 2. The third-order valence-corrected chi connectivity index (χ3v) is 7.80. The molecule has 4 unspecified atom stereocenters. The van der Waals surface area contributed by atoms with E-state index in [1.807, 2.05) is 19.1 Å². The molecule has 0 N–H and O–H groups in total. The highest BCUT2D eigenvalue weighted by molar-refractivity contribution is 6.06. The minimum absolute atomic E-state index is 0.189.